The first kappa shape index (κ1) is 22.4. The zero-order valence-electron chi connectivity index (χ0n) is 15.1. The Balaban J connectivity index is 0.000000841. The van der Waals surface area contributed by atoms with Gasteiger partial charge in [-0.2, -0.15) is 0 Å². The quantitative estimate of drug-likeness (QED) is 0.551. The molecule has 3 N–H and O–H groups in total. The fraction of sp³-hybridized carbons (Fsp3) is 0.875. The molecule has 1 heterocycles. The molecule has 0 aromatic rings. The Kier molecular flexibility index (Phi) is 11.6. The summed E-state index contributed by atoms with van der Waals surface area (Å²) in [6.45, 7) is 8.07. The third-order valence-corrected chi connectivity index (χ3v) is 3.97. The van der Waals surface area contributed by atoms with Gasteiger partial charge in [0.2, 0.25) is 0 Å². The summed E-state index contributed by atoms with van der Waals surface area (Å²) >= 11 is 0. The van der Waals surface area contributed by atoms with Gasteiger partial charge in [0.1, 0.15) is 6.17 Å². The summed E-state index contributed by atoms with van der Waals surface area (Å²) in [7, 11) is -2.35. The van der Waals surface area contributed by atoms with E-state index in [1.54, 1.807) is 5.70 Å². The van der Waals surface area contributed by atoms with E-state index < -0.39 is 7.82 Å². The molecule has 6 nitrogen and oxygen atoms in total. The molecule has 7 heteroatoms. The lowest BCUT2D eigenvalue weighted by Crippen LogP contribution is -2.37. The zero-order chi connectivity index (χ0) is 17.9. The van der Waals surface area contributed by atoms with Crippen LogP contribution in [0.15, 0.2) is 11.9 Å². The molecule has 1 atom stereocenters. The first-order valence-corrected chi connectivity index (χ1v) is 10.3. The minimum Gasteiger partial charge on any atom is -0.356 e. The molecule has 0 aromatic heterocycles. The Labute approximate surface area is 141 Å². The fourth-order valence-electron chi connectivity index (χ4n) is 2.68. The second-order valence-electron chi connectivity index (χ2n) is 6.06. The van der Waals surface area contributed by atoms with Crippen LogP contribution >= 0.6 is 7.82 Å². The third-order valence-electron chi connectivity index (χ3n) is 3.97. The largest absolute Gasteiger partial charge is 0.466 e. The first-order valence-electron chi connectivity index (χ1n) is 8.72. The second kappa shape index (κ2) is 11.9. The Bertz CT molecular complexity index is 376. The number of allylic oxidation sites excluding steroid dienone is 1. The monoisotopic (exact) mass is 350 g/mol. The minimum atomic E-state index is -4.64. The van der Waals surface area contributed by atoms with Crippen LogP contribution in [0.2, 0.25) is 0 Å². The van der Waals surface area contributed by atoms with E-state index in [4.69, 9.17) is 19.2 Å². The van der Waals surface area contributed by atoms with E-state index in [0.29, 0.717) is 6.17 Å². The van der Waals surface area contributed by atoms with Gasteiger partial charge in [0.25, 0.3) is 0 Å². The van der Waals surface area contributed by atoms with Gasteiger partial charge < -0.3 is 24.5 Å². The fourth-order valence-corrected chi connectivity index (χ4v) is 2.68. The van der Waals surface area contributed by atoms with Crippen molar-refractivity contribution in [3.05, 3.63) is 11.9 Å². The average Bonchev–Trinajstić information content (AvgIpc) is 2.75. The molecule has 0 spiro atoms. The SMILES string of the molecule is CCCCC1=CN(CCCC)C(CCCC)N1C.O=P(O)(O)O. The molecule has 1 unspecified atom stereocenters. The van der Waals surface area contributed by atoms with Crippen LogP contribution in [0.5, 0.6) is 0 Å². The van der Waals surface area contributed by atoms with Gasteiger partial charge >= 0.3 is 7.82 Å². The van der Waals surface area contributed by atoms with Crippen LogP contribution in [-0.2, 0) is 4.57 Å². The van der Waals surface area contributed by atoms with E-state index >= 15 is 0 Å². The van der Waals surface area contributed by atoms with Crippen LogP contribution in [0.25, 0.3) is 0 Å². The van der Waals surface area contributed by atoms with E-state index in [1.807, 2.05) is 0 Å². The van der Waals surface area contributed by atoms with Crippen LogP contribution in [0.4, 0.5) is 0 Å². The van der Waals surface area contributed by atoms with Crippen molar-refractivity contribution < 1.29 is 19.2 Å². The van der Waals surface area contributed by atoms with Crippen molar-refractivity contribution in [2.75, 3.05) is 13.6 Å². The molecule has 0 bridgehead atoms. The molecule has 0 aromatic carbocycles. The summed E-state index contributed by atoms with van der Waals surface area (Å²) in [5.41, 5.74) is 1.55. The van der Waals surface area contributed by atoms with Gasteiger partial charge in [-0.05, 0) is 32.1 Å². The van der Waals surface area contributed by atoms with Gasteiger partial charge in [0.15, 0.2) is 0 Å². The predicted molar refractivity (Wildman–Crippen MR) is 94.6 cm³/mol. The summed E-state index contributed by atoms with van der Waals surface area (Å²) in [6.07, 6.45) is 13.5. The number of rotatable bonds is 9. The molecule has 0 amide bonds. The van der Waals surface area contributed by atoms with E-state index in [1.165, 1.54) is 57.9 Å². The average molecular weight is 350 g/mol. The summed E-state index contributed by atoms with van der Waals surface area (Å²) in [5, 5.41) is 0. The van der Waals surface area contributed by atoms with Crippen molar-refractivity contribution in [3.63, 3.8) is 0 Å². The van der Waals surface area contributed by atoms with Crippen LogP contribution in [0.1, 0.15) is 72.1 Å². The van der Waals surface area contributed by atoms with Crippen molar-refractivity contribution in [2.45, 2.75) is 78.3 Å². The molecule has 1 aliphatic rings. The van der Waals surface area contributed by atoms with E-state index in [2.05, 4.69) is 43.8 Å². The topological polar surface area (TPSA) is 84.2 Å². The summed E-state index contributed by atoms with van der Waals surface area (Å²) in [4.78, 5) is 26.7. The standard InChI is InChI=1S/C16H32N2.H3O4P/c1-5-8-11-15-14-18(13-10-7-3)16(17(15)4)12-9-6-2;1-5(2,3)4/h14,16H,5-13H2,1-4H3;(H3,1,2,3,4). The molecule has 0 aliphatic carbocycles. The maximum atomic E-state index is 8.88. The van der Waals surface area contributed by atoms with E-state index in [9.17, 15) is 0 Å². The summed E-state index contributed by atoms with van der Waals surface area (Å²) in [6, 6.07) is 0. The smallest absolute Gasteiger partial charge is 0.356 e. The number of hydrogen-bond acceptors (Lipinski definition) is 3. The van der Waals surface area contributed by atoms with E-state index in [0.717, 1.165) is 0 Å². The lowest BCUT2D eigenvalue weighted by molar-refractivity contribution is 0.152. The maximum absolute atomic E-state index is 8.88. The Morgan fingerprint density at radius 2 is 1.57 bits per heavy atom. The highest BCUT2D eigenvalue weighted by Gasteiger charge is 2.27. The minimum absolute atomic E-state index is 0.628. The molecule has 23 heavy (non-hydrogen) atoms. The molecular formula is C16H35N2O4P. The number of unbranched alkanes of at least 4 members (excludes halogenated alkanes) is 3. The highest BCUT2D eigenvalue weighted by molar-refractivity contribution is 7.45. The number of hydrogen-bond donors (Lipinski definition) is 3. The molecule has 1 rings (SSSR count). The second-order valence-corrected chi connectivity index (χ2v) is 7.09. The van der Waals surface area contributed by atoms with Gasteiger partial charge in [0.05, 0.1) is 0 Å². The molecule has 1 aliphatic heterocycles. The van der Waals surface area contributed by atoms with E-state index in [-0.39, 0.29) is 0 Å². The van der Waals surface area contributed by atoms with Crippen molar-refractivity contribution in [1.29, 1.82) is 0 Å². The molecule has 0 fully saturated rings. The maximum Gasteiger partial charge on any atom is 0.466 e. The van der Waals surface area contributed by atoms with Gasteiger partial charge in [-0.25, -0.2) is 4.57 Å². The zero-order valence-corrected chi connectivity index (χ0v) is 16.0. The molecule has 138 valence electrons. The Morgan fingerprint density at radius 3 is 2.04 bits per heavy atom. The highest BCUT2D eigenvalue weighted by Crippen LogP contribution is 2.28. The molecular weight excluding hydrogens is 315 g/mol. The van der Waals surface area contributed by atoms with Crippen molar-refractivity contribution in [3.8, 4) is 0 Å². The van der Waals surface area contributed by atoms with Gasteiger partial charge in [0, 0.05) is 25.5 Å². The highest BCUT2D eigenvalue weighted by atomic mass is 31.2. The van der Waals surface area contributed by atoms with Crippen LogP contribution in [0.3, 0.4) is 0 Å². The van der Waals surface area contributed by atoms with Crippen LogP contribution in [0, 0.1) is 0 Å². The lowest BCUT2D eigenvalue weighted by atomic mass is 10.1. The van der Waals surface area contributed by atoms with Gasteiger partial charge in [-0.3, -0.25) is 0 Å². The summed E-state index contributed by atoms with van der Waals surface area (Å²) in [5.74, 6) is 0. The third kappa shape index (κ3) is 10.8. The Hall–Kier alpha value is -0.550. The molecule has 0 saturated heterocycles. The van der Waals surface area contributed by atoms with Crippen molar-refractivity contribution in [1.82, 2.24) is 9.80 Å². The molecule has 0 saturated carbocycles. The normalized spacial score (nSPS) is 17.9. The van der Waals surface area contributed by atoms with Gasteiger partial charge in [-0.15, -0.1) is 0 Å². The summed E-state index contributed by atoms with van der Waals surface area (Å²) < 4.78 is 8.88. The number of nitrogens with zero attached hydrogens (tertiary/aromatic N) is 2. The molecule has 0 radical (unpaired) electrons. The van der Waals surface area contributed by atoms with Crippen molar-refractivity contribution >= 4 is 7.82 Å². The first-order chi connectivity index (χ1) is 10.7. The van der Waals surface area contributed by atoms with Crippen LogP contribution < -0.4 is 0 Å². The Morgan fingerprint density at radius 1 is 1.04 bits per heavy atom. The lowest BCUT2D eigenvalue weighted by Gasteiger charge is -2.32. The number of phosphoric acid groups is 1. The predicted octanol–water partition coefficient (Wildman–Crippen LogP) is 3.65. The van der Waals surface area contributed by atoms with Crippen molar-refractivity contribution in [2.24, 2.45) is 0 Å². The van der Waals surface area contributed by atoms with Gasteiger partial charge in [-0.1, -0.05) is 40.0 Å². The van der Waals surface area contributed by atoms with Crippen LogP contribution in [-0.4, -0.2) is 44.2 Å².